The monoisotopic (exact) mass is 321 g/mol. The van der Waals surface area contributed by atoms with Gasteiger partial charge in [-0.2, -0.15) is 0 Å². The molecule has 0 bridgehead atoms. The van der Waals surface area contributed by atoms with Crippen LogP contribution in [0.2, 0.25) is 0 Å². The molecule has 1 aliphatic heterocycles. The Morgan fingerprint density at radius 3 is 2.50 bits per heavy atom. The second-order valence-electron chi connectivity index (χ2n) is 6.01. The highest BCUT2D eigenvalue weighted by molar-refractivity contribution is 5.89. The van der Waals surface area contributed by atoms with Crippen molar-refractivity contribution in [2.45, 2.75) is 6.54 Å². The van der Waals surface area contributed by atoms with Crippen molar-refractivity contribution in [2.75, 3.05) is 31.5 Å². The highest BCUT2D eigenvalue weighted by Crippen LogP contribution is 2.13. The van der Waals surface area contributed by atoms with Gasteiger partial charge in [0, 0.05) is 38.4 Å². The third-order valence-electron chi connectivity index (χ3n) is 4.28. The van der Waals surface area contributed by atoms with Crippen LogP contribution in [0.15, 0.2) is 61.2 Å². The van der Waals surface area contributed by atoms with Crippen LogP contribution in [0.25, 0.3) is 6.08 Å². The first-order valence-electron chi connectivity index (χ1n) is 8.29. The Morgan fingerprint density at radius 1 is 1.04 bits per heavy atom. The van der Waals surface area contributed by atoms with Gasteiger partial charge in [-0.3, -0.25) is 4.90 Å². The Morgan fingerprint density at radius 2 is 1.79 bits per heavy atom. The lowest BCUT2D eigenvalue weighted by Crippen LogP contribution is -2.49. The summed E-state index contributed by atoms with van der Waals surface area (Å²) in [4.78, 5) is 16.6. The van der Waals surface area contributed by atoms with Gasteiger partial charge in [0.2, 0.25) is 0 Å². The number of nitrogens with zero attached hydrogens (tertiary/aromatic N) is 2. The van der Waals surface area contributed by atoms with E-state index in [1.807, 2.05) is 41.3 Å². The van der Waals surface area contributed by atoms with E-state index < -0.39 is 0 Å². The van der Waals surface area contributed by atoms with Gasteiger partial charge in [-0.25, -0.2) is 4.79 Å². The van der Waals surface area contributed by atoms with Gasteiger partial charge < -0.3 is 10.2 Å². The Balaban J connectivity index is 1.50. The highest BCUT2D eigenvalue weighted by Gasteiger charge is 2.21. The minimum absolute atomic E-state index is 0.0190. The number of anilines is 1. The zero-order valence-electron chi connectivity index (χ0n) is 13.8. The number of para-hydroxylation sites is 1. The van der Waals surface area contributed by atoms with Crippen LogP contribution in [-0.2, 0) is 6.54 Å². The molecule has 1 N–H and O–H groups in total. The Bertz CT molecular complexity index is 691. The van der Waals surface area contributed by atoms with Crippen molar-refractivity contribution in [3.63, 3.8) is 0 Å². The van der Waals surface area contributed by atoms with E-state index in [2.05, 4.69) is 41.1 Å². The quantitative estimate of drug-likeness (QED) is 0.932. The lowest BCUT2D eigenvalue weighted by molar-refractivity contribution is 0.143. The molecule has 2 amide bonds. The molecule has 4 heteroatoms. The number of nitrogens with one attached hydrogen (secondary N) is 1. The molecule has 4 nitrogen and oxygen atoms in total. The molecule has 1 aliphatic rings. The molecule has 0 unspecified atom stereocenters. The minimum atomic E-state index is -0.0190. The van der Waals surface area contributed by atoms with E-state index in [0.717, 1.165) is 44.0 Å². The van der Waals surface area contributed by atoms with E-state index >= 15 is 0 Å². The maximum absolute atomic E-state index is 12.3. The van der Waals surface area contributed by atoms with Crippen LogP contribution in [-0.4, -0.2) is 42.0 Å². The van der Waals surface area contributed by atoms with E-state index in [1.54, 1.807) is 0 Å². The topological polar surface area (TPSA) is 35.6 Å². The molecule has 1 heterocycles. The number of carbonyl (C=O) groups is 1. The molecule has 2 aromatic rings. The summed E-state index contributed by atoms with van der Waals surface area (Å²) in [7, 11) is 0. The van der Waals surface area contributed by atoms with Gasteiger partial charge in [0.1, 0.15) is 0 Å². The summed E-state index contributed by atoms with van der Waals surface area (Å²) in [5, 5.41) is 2.95. The minimum Gasteiger partial charge on any atom is -0.322 e. The van der Waals surface area contributed by atoms with Crippen LogP contribution in [0.3, 0.4) is 0 Å². The predicted octanol–water partition coefficient (Wildman–Crippen LogP) is 3.68. The van der Waals surface area contributed by atoms with E-state index in [1.165, 1.54) is 5.56 Å². The maximum atomic E-state index is 12.3. The van der Waals surface area contributed by atoms with Crippen molar-refractivity contribution in [3.8, 4) is 0 Å². The van der Waals surface area contributed by atoms with Crippen LogP contribution in [0.1, 0.15) is 11.1 Å². The lowest BCUT2D eigenvalue weighted by atomic mass is 10.1. The van der Waals surface area contributed by atoms with Crippen LogP contribution in [0.5, 0.6) is 0 Å². The van der Waals surface area contributed by atoms with Gasteiger partial charge in [0.15, 0.2) is 0 Å². The molecule has 0 aliphatic carbocycles. The number of amides is 2. The summed E-state index contributed by atoms with van der Waals surface area (Å²) in [5.74, 6) is 0. The van der Waals surface area contributed by atoms with E-state index in [-0.39, 0.29) is 6.03 Å². The first-order chi connectivity index (χ1) is 11.7. The smallest absolute Gasteiger partial charge is 0.321 e. The predicted molar refractivity (Wildman–Crippen MR) is 98.8 cm³/mol. The molecule has 0 saturated carbocycles. The van der Waals surface area contributed by atoms with Crippen LogP contribution < -0.4 is 5.32 Å². The van der Waals surface area contributed by atoms with Crippen LogP contribution >= 0.6 is 0 Å². The third-order valence-corrected chi connectivity index (χ3v) is 4.28. The molecule has 1 saturated heterocycles. The molecule has 24 heavy (non-hydrogen) atoms. The summed E-state index contributed by atoms with van der Waals surface area (Å²) >= 11 is 0. The number of carbonyl (C=O) groups excluding carboxylic acids is 1. The molecular formula is C20H23N3O. The van der Waals surface area contributed by atoms with Gasteiger partial charge in [-0.15, -0.1) is 0 Å². The molecule has 0 spiro atoms. The molecule has 0 radical (unpaired) electrons. The summed E-state index contributed by atoms with van der Waals surface area (Å²) in [6.07, 6.45) is 1.87. The van der Waals surface area contributed by atoms with E-state index in [4.69, 9.17) is 0 Å². The zero-order valence-corrected chi connectivity index (χ0v) is 13.8. The fourth-order valence-corrected chi connectivity index (χ4v) is 2.91. The van der Waals surface area contributed by atoms with Gasteiger partial charge in [-0.05, 0) is 23.3 Å². The van der Waals surface area contributed by atoms with Gasteiger partial charge in [0.05, 0.1) is 0 Å². The molecule has 124 valence electrons. The number of piperazine rings is 1. The van der Waals surface area contributed by atoms with Crippen molar-refractivity contribution in [1.82, 2.24) is 9.80 Å². The molecule has 3 rings (SSSR count). The van der Waals surface area contributed by atoms with Crippen LogP contribution in [0.4, 0.5) is 10.5 Å². The number of urea groups is 1. The molecule has 1 fully saturated rings. The van der Waals surface area contributed by atoms with Crippen molar-refractivity contribution in [2.24, 2.45) is 0 Å². The van der Waals surface area contributed by atoms with Crippen molar-refractivity contribution in [3.05, 3.63) is 72.3 Å². The second-order valence-corrected chi connectivity index (χ2v) is 6.01. The fraction of sp³-hybridized carbons (Fsp3) is 0.250. The van der Waals surface area contributed by atoms with Crippen molar-refractivity contribution < 1.29 is 4.79 Å². The maximum Gasteiger partial charge on any atom is 0.321 e. The van der Waals surface area contributed by atoms with E-state index in [9.17, 15) is 4.79 Å². The standard InChI is InChI=1S/C20H23N3O/c1-2-17-7-6-8-18(15-17)16-22-11-13-23(14-12-22)20(24)21-19-9-4-3-5-10-19/h2-10,15H,1,11-14,16H2,(H,21,24). The van der Waals surface area contributed by atoms with E-state index in [0.29, 0.717) is 0 Å². The molecule has 0 aromatic heterocycles. The fourth-order valence-electron chi connectivity index (χ4n) is 2.91. The zero-order chi connectivity index (χ0) is 16.8. The number of benzene rings is 2. The number of hydrogen-bond acceptors (Lipinski definition) is 2. The average Bonchev–Trinajstić information content (AvgIpc) is 2.63. The van der Waals surface area contributed by atoms with Crippen molar-refractivity contribution >= 4 is 17.8 Å². The lowest BCUT2D eigenvalue weighted by Gasteiger charge is -2.34. The average molecular weight is 321 g/mol. The first kappa shape index (κ1) is 16.3. The summed E-state index contributed by atoms with van der Waals surface area (Å²) < 4.78 is 0. The SMILES string of the molecule is C=Cc1cccc(CN2CCN(C(=O)Nc3ccccc3)CC2)c1. The normalized spacial score (nSPS) is 15.1. The Kier molecular flexibility index (Phi) is 5.29. The summed E-state index contributed by atoms with van der Waals surface area (Å²) in [6, 6.07) is 18.0. The Hall–Kier alpha value is -2.59. The molecule has 2 aromatic carbocycles. The van der Waals surface area contributed by atoms with Gasteiger partial charge >= 0.3 is 6.03 Å². The van der Waals surface area contributed by atoms with Gasteiger partial charge in [-0.1, -0.05) is 55.1 Å². The Labute approximate surface area is 143 Å². The number of hydrogen-bond donors (Lipinski definition) is 1. The first-order valence-corrected chi connectivity index (χ1v) is 8.29. The largest absolute Gasteiger partial charge is 0.322 e. The molecule has 0 atom stereocenters. The third kappa shape index (κ3) is 4.24. The summed E-state index contributed by atoms with van der Waals surface area (Å²) in [6.45, 7) is 8.01. The van der Waals surface area contributed by atoms with Crippen molar-refractivity contribution in [1.29, 1.82) is 0 Å². The molecular weight excluding hydrogens is 298 g/mol. The van der Waals surface area contributed by atoms with Crippen LogP contribution in [0, 0.1) is 0 Å². The highest BCUT2D eigenvalue weighted by atomic mass is 16.2. The van der Waals surface area contributed by atoms with Gasteiger partial charge in [0.25, 0.3) is 0 Å². The number of rotatable bonds is 4. The second kappa shape index (κ2) is 7.79. The summed E-state index contributed by atoms with van der Waals surface area (Å²) in [5.41, 5.74) is 3.27.